The van der Waals surface area contributed by atoms with E-state index in [-0.39, 0.29) is 16.8 Å². The number of nitrogens with one attached hydrogen (secondary N) is 2. The van der Waals surface area contributed by atoms with Crippen molar-refractivity contribution in [2.75, 3.05) is 23.3 Å². The number of carbonyl (C=O) groups excluding carboxylic acids is 1. The predicted molar refractivity (Wildman–Crippen MR) is 106 cm³/mol. The van der Waals surface area contributed by atoms with Gasteiger partial charge >= 0.3 is 5.76 Å². The lowest BCUT2D eigenvalue weighted by molar-refractivity contribution is -0.117. The predicted octanol–water partition coefficient (Wildman–Crippen LogP) is 4.16. The van der Waals surface area contributed by atoms with Crippen LogP contribution in [0.15, 0.2) is 45.6 Å². The van der Waals surface area contributed by atoms with Gasteiger partial charge in [0.1, 0.15) is 5.82 Å². The number of halogens is 2. The van der Waals surface area contributed by atoms with Gasteiger partial charge in [-0.3, -0.25) is 9.78 Å². The highest BCUT2D eigenvalue weighted by Crippen LogP contribution is 2.28. The SMILES string of the molecule is O=C(CC1CCN(c2ccc(Cl)c(F)c2)CC1)Nc1ccc2[nH]c(=O)oc2c1. The van der Waals surface area contributed by atoms with Gasteiger partial charge in [-0.15, -0.1) is 0 Å². The average molecular weight is 404 g/mol. The van der Waals surface area contributed by atoms with Gasteiger partial charge in [-0.25, -0.2) is 9.18 Å². The van der Waals surface area contributed by atoms with E-state index in [1.54, 1.807) is 24.3 Å². The number of aromatic amines is 1. The van der Waals surface area contributed by atoms with Crippen molar-refractivity contribution in [1.29, 1.82) is 0 Å². The normalized spacial score (nSPS) is 15.1. The van der Waals surface area contributed by atoms with Crippen LogP contribution in [0.5, 0.6) is 0 Å². The molecule has 1 aromatic heterocycles. The Morgan fingerprint density at radius 1 is 1.25 bits per heavy atom. The van der Waals surface area contributed by atoms with Gasteiger partial charge in [0, 0.05) is 37.0 Å². The van der Waals surface area contributed by atoms with Gasteiger partial charge in [-0.2, -0.15) is 0 Å². The highest BCUT2D eigenvalue weighted by atomic mass is 35.5. The van der Waals surface area contributed by atoms with Crippen molar-refractivity contribution in [3.05, 3.63) is 57.8 Å². The Bertz CT molecular complexity index is 1070. The molecule has 3 aromatic rings. The van der Waals surface area contributed by atoms with Gasteiger partial charge in [-0.1, -0.05) is 11.6 Å². The summed E-state index contributed by atoms with van der Waals surface area (Å²) < 4.78 is 18.7. The van der Waals surface area contributed by atoms with E-state index in [1.807, 2.05) is 6.07 Å². The van der Waals surface area contributed by atoms with Crippen LogP contribution in [0.2, 0.25) is 5.02 Å². The van der Waals surface area contributed by atoms with Crippen LogP contribution in [0.1, 0.15) is 19.3 Å². The van der Waals surface area contributed by atoms with Gasteiger partial charge in [0.25, 0.3) is 0 Å². The number of fused-ring (bicyclic) bond motifs is 1. The van der Waals surface area contributed by atoms with E-state index < -0.39 is 11.6 Å². The van der Waals surface area contributed by atoms with Crippen molar-refractivity contribution >= 4 is 40.0 Å². The number of H-pyrrole nitrogens is 1. The lowest BCUT2D eigenvalue weighted by Crippen LogP contribution is -2.35. The van der Waals surface area contributed by atoms with Gasteiger partial charge in [0.15, 0.2) is 5.58 Å². The van der Waals surface area contributed by atoms with Crippen molar-refractivity contribution < 1.29 is 13.6 Å². The van der Waals surface area contributed by atoms with Gasteiger partial charge in [0.05, 0.1) is 10.5 Å². The topological polar surface area (TPSA) is 78.3 Å². The average Bonchev–Trinajstić information content (AvgIpc) is 3.04. The zero-order valence-electron chi connectivity index (χ0n) is 15.0. The second kappa shape index (κ2) is 7.67. The molecule has 1 aliphatic rings. The molecule has 0 saturated carbocycles. The van der Waals surface area contributed by atoms with Crippen molar-refractivity contribution in [2.45, 2.75) is 19.3 Å². The molecule has 0 spiro atoms. The minimum Gasteiger partial charge on any atom is -0.408 e. The molecular formula is C20H19ClFN3O3. The zero-order valence-corrected chi connectivity index (χ0v) is 15.8. The third-order valence-electron chi connectivity index (χ3n) is 5.06. The summed E-state index contributed by atoms with van der Waals surface area (Å²) in [6.07, 6.45) is 2.12. The first-order valence-corrected chi connectivity index (χ1v) is 9.48. The Kier molecular flexibility index (Phi) is 5.09. The Morgan fingerprint density at radius 3 is 2.79 bits per heavy atom. The summed E-state index contributed by atoms with van der Waals surface area (Å²) >= 11 is 5.74. The first-order chi connectivity index (χ1) is 13.5. The second-order valence-electron chi connectivity index (χ2n) is 7.01. The quantitative estimate of drug-likeness (QED) is 0.685. The molecule has 0 bridgehead atoms. The molecule has 1 saturated heterocycles. The van der Waals surface area contributed by atoms with Gasteiger partial charge in [-0.05, 0) is 49.1 Å². The number of hydrogen-bond acceptors (Lipinski definition) is 4. The van der Waals surface area contributed by atoms with Gasteiger partial charge < -0.3 is 14.6 Å². The molecular weight excluding hydrogens is 385 g/mol. The molecule has 0 unspecified atom stereocenters. The zero-order chi connectivity index (χ0) is 19.7. The summed E-state index contributed by atoms with van der Waals surface area (Å²) in [5.41, 5.74) is 2.40. The molecule has 28 heavy (non-hydrogen) atoms. The van der Waals surface area contributed by atoms with Crippen LogP contribution in [0, 0.1) is 11.7 Å². The molecule has 1 amide bonds. The molecule has 4 rings (SSSR count). The maximum Gasteiger partial charge on any atom is 0.417 e. The minimum absolute atomic E-state index is 0.0757. The summed E-state index contributed by atoms with van der Waals surface area (Å²) in [6.45, 7) is 1.53. The van der Waals surface area contributed by atoms with E-state index in [9.17, 15) is 14.0 Å². The van der Waals surface area contributed by atoms with Crippen molar-refractivity contribution in [3.8, 4) is 0 Å². The number of benzene rings is 2. The molecule has 1 aliphatic heterocycles. The molecule has 8 heteroatoms. The molecule has 2 aromatic carbocycles. The maximum atomic E-state index is 13.7. The molecule has 0 aliphatic carbocycles. The molecule has 2 N–H and O–H groups in total. The molecule has 2 heterocycles. The van der Waals surface area contributed by atoms with E-state index in [0.717, 1.165) is 31.6 Å². The monoisotopic (exact) mass is 403 g/mol. The molecule has 0 radical (unpaired) electrons. The molecule has 1 fully saturated rings. The van der Waals surface area contributed by atoms with E-state index in [0.29, 0.717) is 23.2 Å². The third-order valence-corrected chi connectivity index (χ3v) is 5.37. The lowest BCUT2D eigenvalue weighted by atomic mass is 9.93. The highest BCUT2D eigenvalue weighted by molar-refractivity contribution is 6.30. The Balaban J connectivity index is 1.31. The lowest BCUT2D eigenvalue weighted by Gasteiger charge is -2.33. The van der Waals surface area contributed by atoms with Crippen LogP contribution in [0.4, 0.5) is 15.8 Å². The standard InChI is InChI=1S/C20H19ClFN3O3/c21-15-3-2-14(11-16(15)22)25-7-5-12(6-8-25)9-19(26)23-13-1-4-17-18(10-13)28-20(27)24-17/h1-4,10-12H,5-9H2,(H,23,26)(H,24,27). The Morgan fingerprint density at radius 2 is 2.04 bits per heavy atom. The number of hydrogen-bond donors (Lipinski definition) is 2. The van der Waals surface area contributed by atoms with Crippen LogP contribution >= 0.6 is 11.6 Å². The van der Waals surface area contributed by atoms with Crippen LogP contribution in [0.25, 0.3) is 11.1 Å². The van der Waals surface area contributed by atoms with E-state index in [1.165, 1.54) is 6.07 Å². The van der Waals surface area contributed by atoms with E-state index in [2.05, 4.69) is 15.2 Å². The molecule has 6 nitrogen and oxygen atoms in total. The number of aromatic nitrogens is 1. The van der Waals surface area contributed by atoms with Crippen LogP contribution in [-0.2, 0) is 4.79 Å². The number of oxazole rings is 1. The first kappa shape index (κ1) is 18.6. The fourth-order valence-corrected chi connectivity index (χ4v) is 3.69. The maximum absolute atomic E-state index is 13.7. The number of rotatable bonds is 4. The highest BCUT2D eigenvalue weighted by Gasteiger charge is 2.22. The number of nitrogens with zero attached hydrogens (tertiary/aromatic N) is 1. The number of anilines is 2. The fourth-order valence-electron chi connectivity index (χ4n) is 3.57. The first-order valence-electron chi connectivity index (χ1n) is 9.10. The third kappa shape index (κ3) is 4.04. The summed E-state index contributed by atoms with van der Waals surface area (Å²) in [7, 11) is 0. The summed E-state index contributed by atoms with van der Waals surface area (Å²) in [5.74, 6) is -0.753. The van der Waals surface area contributed by atoms with Crippen molar-refractivity contribution in [2.24, 2.45) is 5.92 Å². The number of amides is 1. The summed E-state index contributed by atoms with van der Waals surface area (Å²) in [6, 6.07) is 9.87. The van der Waals surface area contributed by atoms with Gasteiger partial charge in [0.2, 0.25) is 5.91 Å². The van der Waals surface area contributed by atoms with Crippen molar-refractivity contribution in [1.82, 2.24) is 4.98 Å². The summed E-state index contributed by atoms with van der Waals surface area (Å²) in [4.78, 5) is 28.2. The van der Waals surface area contributed by atoms with Crippen LogP contribution in [0.3, 0.4) is 0 Å². The Labute approximate surface area is 165 Å². The molecule has 146 valence electrons. The van der Waals surface area contributed by atoms with Crippen molar-refractivity contribution in [3.63, 3.8) is 0 Å². The largest absolute Gasteiger partial charge is 0.417 e. The minimum atomic E-state index is -0.522. The summed E-state index contributed by atoms with van der Waals surface area (Å²) in [5, 5.41) is 2.97. The van der Waals surface area contributed by atoms with Crippen LogP contribution in [-0.4, -0.2) is 24.0 Å². The molecule has 0 atom stereocenters. The van der Waals surface area contributed by atoms with E-state index >= 15 is 0 Å². The van der Waals surface area contributed by atoms with Crippen LogP contribution < -0.4 is 16.0 Å². The smallest absolute Gasteiger partial charge is 0.408 e. The fraction of sp³-hybridized carbons (Fsp3) is 0.300. The number of carbonyl (C=O) groups is 1. The Hall–Kier alpha value is -2.80. The van der Waals surface area contributed by atoms with E-state index in [4.69, 9.17) is 16.0 Å². The number of piperidine rings is 1. The second-order valence-corrected chi connectivity index (χ2v) is 7.41.